The molecule has 0 aromatic heterocycles. The Morgan fingerprint density at radius 3 is 2.67 bits per heavy atom. The Balaban J connectivity index is 2.02. The first-order valence-corrected chi connectivity index (χ1v) is 8.22. The van der Waals surface area contributed by atoms with E-state index in [1.165, 1.54) is 6.07 Å². The first kappa shape index (κ1) is 15.5. The van der Waals surface area contributed by atoms with Gasteiger partial charge in [0.15, 0.2) is 0 Å². The van der Waals surface area contributed by atoms with Crippen molar-refractivity contribution in [3.63, 3.8) is 0 Å². The van der Waals surface area contributed by atoms with Gasteiger partial charge in [0.05, 0.1) is 22.8 Å². The molecule has 0 bridgehead atoms. The summed E-state index contributed by atoms with van der Waals surface area (Å²) in [6.07, 6.45) is 1.79. The van der Waals surface area contributed by atoms with E-state index in [1.54, 1.807) is 18.2 Å². The highest BCUT2D eigenvalue weighted by atomic mass is 32.2. The summed E-state index contributed by atoms with van der Waals surface area (Å²) in [7, 11) is -3.63. The molecule has 0 amide bonds. The molecule has 1 aliphatic carbocycles. The molecule has 1 aromatic carbocycles. The lowest BCUT2D eigenvalue weighted by atomic mass is 9.69. The largest absolute Gasteiger partial charge is 0.481 e. The van der Waals surface area contributed by atoms with Gasteiger partial charge in [-0.25, -0.2) is 13.1 Å². The second kappa shape index (κ2) is 5.84. The van der Waals surface area contributed by atoms with E-state index in [2.05, 4.69) is 4.72 Å². The predicted octanol–water partition coefficient (Wildman–Crippen LogP) is 1.23. The number of benzene rings is 1. The minimum absolute atomic E-state index is 0.0807. The molecule has 0 atom stereocenters. The molecule has 0 spiro atoms. The average Bonchev–Trinajstić information content (AvgIpc) is 2.36. The second-order valence-corrected chi connectivity index (χ2v) is 7.14. The fourth-order valence-electron chi connectivity index (χ4n) is 2.32. The van der Waals surface area contributed by atoms with E-state index in [9.17, 15) is 13.2 Å². The van der Waals surface area contributed by atoms with Gasteiger partial charge < -0.3 is 5.11 Å². The number of nitriles is 1. The molecule has 1 fully saturated rings. The molecule has 2 rings (SSSR count). The number of carboxylic acid groups (broad SMARTS) is 1. The molecule has 0 heterocycles. The summed E-state index contributed by atoms with van der Waals surface area (Å²) in [4.78, 5) is 11.2. The molecule has 112 valence electrons. The quantitative estimate of drug-likeness (QED) is 0.822. The highest BCUT2D eigenvalue weighted by molar-refractivity contribution is 7.88. The van der Waals surface area contributed by atoms with Crippen molar-refractivity contribution in [2.24, 2.45) is 5.41 Å². The maximum Gasteiger partial charge on any atom is 0.310 e. The molecule has 0 saturated heterocycles. The molecule has 1 aliphatic rings. The first-order valence-electron chi connectivity index (χ1n) is 6.57. The van der Waals surface area contributed by atoms with Crippen molar-refractivity contribution in [3.05, 3.63) is 35.4 Å². The maximum atomic E-state index is 12.0. The number of carbonyl (C=O) groups is 1. The van der Waals surface area contributed by atoms with Crippen LogP contribution in [0.5, 0.6) is 0 Å². The number of aliphatic carboxylic acids is 1. The van der Waals surface area contributed by atoms with Gasteiger partial charge in [-0.2, -0.15) is 5.26 Å². The van der Waals surface area contributed by atoms with Crippen molar-refractivity contribution in [1.29, 1.82) is 5.26 Å². The third kappa shape index (κ3) is 3.60. The van der Waals surface area contributed by atoms with E-state index in [1.807, 2.05) is 6.07 Å². The SMILES string of the molecule is N#Cc1cccc(CS(=O)(=O)NCC2(C(=O)O)CCC2)c1. The van der Waals surface area contributed by atoms with Crippen LogP contribution in [0.2, 0.25) is 0 Å². The minimum atomic E-state index is -3.63. The fraction of sp³-hybridized carbons (Fsp3) is 0.429. The Kier molecular flexibility index (Phi) is 4.30. The van der Waals surface area contributed by atoms with Crippen molar-refractivity contribution < 1.29 is 18.3 Å². The first-order chi connectivity index (χ1) is 9.87. The summed E-state index contributed by atoms with van der Waals surface area (Å²) < 4.78 is 26.4. The minimum Gasteiger partial charge on any atom is -0.481 e. The van der Waals surface area contributed by atoms with Crippen molar-refractivity contribution in [2.45, 2.75) is 25.0 Å². The van der Waals surface area contributed by atoms with Crippen LogP contribution in [0.4, 0.5) is 0 Å². The standard InChI is InChI=1S/C14H16N2O4S/c15-8-11-3-1-4-12(7-11)9-21(19,20)16-10-14(13(17)18)5-2-6-14/h1,3-4,7,16H,2,5-6,9-10H2,(H,17,18). The zero-order chi connectivity index (χ0) is 15.5. The van der Waals surface area contributed by atoms with Gasteiger partial charge in [-0.05, 0) is 30.5 Å². The highest BCUT2D eigenvalue weighted by Crippen LogP contribution is 2.40. The van der Waals surface area contributed by atoms with Crippen molar-refractivity contribution >= 4 is 16.0 Å². The van der Waals surface area contributed by atoms with E-state index < -0.39 is 21.4 Å². The lowest BCUT2D eigenvalue weighted by molar-refractivity contribution is -0.153. The van der Waals surface area contributed by atoms with Gasteiger partial charge in [-0.3, -0.25) is 4.79 Å². The van der Waals surface area contributed by atoms with Gasteiger partial charge in [-0.15, -0.1) is 0 Å². The Hall–Kier alpha value is -1.91. The Morgan fingerprint density at radius 1 is 1.43 bits per heavy atom. The van der Waals surface area contributed by atoms with Crippen LogP contribution in [0, 0.1) is 16.7 Å². The van der Waals surface area contributed by atoms with Crippen molar-refractivity contribution in [3.8, 4) is 6.07 Å². The smallest absolute Gasteiger partial charge is 0.310 e. The number of sulfonamides is 1. The Labute approximate surface area is 123 Å². The highest BCUT2D eigenvalue weighted by Gasteiger charge is 2.44. The summed E-state index contributed by atoms with van der Waals surface area (Å²) in [5.41, 5.74) is -0.0649. The average molecular weight is 308 g/mol. The zero-order valence-electron chi connectivity index (χ0n) is 11.4. The summed E-state index contributed by atoms with van der Waals surface area (Å²) in [6, 6.07) is 8.29. The van der Waals surface area contributed by atoms with Crippen molar-refractivity contribution in [1.82, 2.24) is 4.72 Å². The van der Waals surface area contributed by atoms with Crippen LogP contribution in [0.15, 0.2) is 24.3 Å². The monoisotopic (exact) mass is 308 g/mol. The lowest BCUT2D eigenvalue weighted by Crippen LogP contribution is -2.47. The normalized spacial score (nSPS) is 16.7. The number of hydrogen-bond acceptors (Lipinski definition) is 4. The van der Waals surface area contributed by atoms with E-state index in [0.29, 0.717) is 24.0 Å². The number of nitrogens with zero attached hydrogens (tertiary/aromatic N) is 1. The molecule has 2 N–H and O–H groups in total. The van der Waals surface area contributed by atoms with Gasteiger partial charge in [0.1, 0.15) is 0 Å². The van der Waals surface area contributed by atoms with Crippen LogP contribution >= 0.6 is 0 Å². The van der Waals surface area contributed by atoms with E-state index >= 15 is 0 Å². The molecule has 0 unspecified atom stereocenters. The van der Waals surface area contributed by atoms with Gasteiger partial charge in [0, 0.05) is 6.54 Å². The number of nitrogens with one attached hydrogen (secondary N) is 1. The van der Waals surface area contributed by atoms with E-state index in [4.69, 9.17) is 10.4 Å². The van der Waals surface area contributed by atoms with Gasteiger partial charge in [-0.1, -0.05) is 18.6 Å². The zero-order valence-corrected chi connectivity index (χ0v) is 12.2. The van der Waals surface area contributed by atoms with Crippen LogP contribution < -0.4 is 4.72 Å². The molecule has 0 aliphatic heterocycles. The summed E-state index contributed by atoms with van der Waals surface area (Å²) in [6.45, 7) is -0.0807. The maximum absolute atomic E-state index is 12.0. The van der Waals surface area contributed by atoms with Crippen LogP contribution in [-0.4, -0.2) is 26.0 Å². The second-order valence-electron chi connectivity index (χ2n) is 5.33. The van der Waals surface area contributed by atoms with Crippen LogP contribution in [0.3, 0.4) is 0 Å². The van der Waals surface area contributed by atoms with Crippen LogP contribution in [0.1, 0.15) is 30.4 Å². The summed E-state index contributed by atoms with van der Waals surface area (Å²) in [5, 5.41) is 18.0. The van der Waals surface area contributed by atoms with Gasteiger partial charge >= 0.3 is 5.97 Å². The Morgan fingerprint density at radius 2 is 2.14 bits per heavy atom. The number of rotatable bonds is 6. The number of carboxylic acids is 1. The van der Waals surface area contributed by atoms with Gasteiger partial charge in [0.25, 0.3) is 0 Å². The fourth-order valence-corrected chi connectivity index (χ4v) is 3.54. The number of hydrogen-bond donors (Lipinski definition) is 2. The van der Waals surface area contributed by atoms with E-state index in [0.717, 1.165) is 6.42 Å². The molecule has 1 saturated carbocycles. The third-order valence-electron chi connectivity index (χ3n) is 3.81. The third-order valence-corrected chi connectivity index (χ3v) is 5.11. The molecule has 1 aromatic rings. The molecular formula is C14H16N2O4S. The molecule has 21 heavy (non-hydrogen) atoms. The topological polar surface area (TPSA) is 107 Å². The summed E-state index contributed by atoms with van der Waals surface area (Å²) in [5.74, 6) is -1.22. The van der Waals surface area contributed by atoms with Crippen LogP contribution in [-0.2, 0) is 20.6 Å². The predicted molar refractivity (Wildman–Crippen MR) is 75.7 cm³/mol. The van der Waals surface area contributed by atoms with Crippen LogP contribution in [0.25, 0.3) is 0 Å². The molecule has 6 nitrogen and oxygen atoms in total. The van der Waals surface area contributed by atoms with Gasteiger partial charge in [0.2, 0.25) is 10.0 Å². The molecular weight excluding hydrogens is 292 g/mol. The summed E-state index contributed by atoms with van der Waals surface area (Å²) >= 11 is 0. The van der Waals surface area contributed by atoms with Crippen molar-refractivity contribution in [2.75, 3.05) is 6.54 Å². The lowest BCUT2D eigenvalue weighted by Gasteiger charge is -2.37. The Bertz CT molecular complexity index is 687. The molecule has 0 radical (unpaired) electrons. The molecule has 7 heteroatoms. The van der Waals surface area contributed by atoms with E-state index in [-0.39, 0.29) is 12.3 Å².